The topological polar surface area (TPSA) is 58.6 Å². The predicted molar refractivity (Wildman–Crippen MR) is 65.9 cm³/mol. The zero-order chi connectivity index (χ0) is 12.3. The number of carbonyl (C=O) groups is 1. The Bertz CT molecular complexity index is 369. The van der Waals surface area contributed by atoms with Crippen LogP contribution in [0.5, 0.6) is 0 Å². The van der Waals surface area contributed by atoms with E-state index in [4.69, 9.17) is 4.74 Å². The molecule has 2 rings (SSSR count). The summed E-state index contributed by atoms with van der Waals surface area (Å²) in [4.78, 5) is 12.6. The largest absolute Gasteiger partial charge is 0.383 e. The molecule has 17 heavy (non-hydrogen) atoms. The number of ether oxygens (including phenoxy) is 1. The Morgan fingerprint density at radius 2 is 2.59 bits per heavy atom. The van der Waals surface area contributed by atoms with Crippen LogP contribution in [0.2, 0.25) is 0 Å². The molecule has 0 saturated carbocycles. The lowest BCUT2D eigenvalue weighted by molar-refractivity contribution is -0.131. The molecular formula is C12H17NO3S. The Morgan fingerprint density at radius 1 is 1.76 bits per heavy atom. The SMILES string of the molecule is CC(O)(CNC(=O)C1CCCO1)c1cccs1. The number of amides is 1. The van der Waals surface area contributed by atoms with E-state index in [1.807, 2.05) is 17.5 Å². The molecule has 0 spiro atoms. The van der Waals surface area contributed by atoms with Crippen LogP contribution in [0, 0.1) is 0 Å². The van der Waals surface area contributed by atoms with Crippen LogP contribution in [0.3, 0.4) is 0 Å². The molecule has 1 fully saturated rings. The third-order valence-corrected chi connectivity index (χ3v) is 4.00. The minimum atomic E-state index is -1.01. The third kappa shape index (κ3) is 3.06. The summed E-state index contributed by atoms with van der Waals surface area (Å²) in [6.07, 6.45) is 1.36. The molecule has 0 radical (unpaired) electrons. The van der Waals surface area contributed by atoms with Gasteiger partial charge in [0.05, 0.1) is 6.54 Å². The smallest absolute Gasteiger partial charge is 0.249 e. The fourth-order valence-corrected chi connectivity index (χ4v) is 2.62. The molecule has 0 aromatic carbocycles. The van der Waals surface area contributed by atoms with E-state index < -0.39 is 5.60 Å². The molecule has 1 aliphatic rings. The second-order valence-electron chi connectivity index (χ2n) is 4.47. The molecule has 1 aliphatic heterocycles. The molecule has 94 valence electrons. The highest BCUT2D eigenvalue weighted by atomic mass is 32.1. The van der Waals surface area contributed by atoms with Crippen molar-refractivity contribution in [1.82, 2.24) is 5.32 Å². The van der Waals surface area contributed by atoms with Crippen molar-refractivity contribution in [2.24, 2.45) is 0 Å². The predicted octanol–water partition coefficient (Wildman–Crippen LogP) is 1.25. The van der Waals surface area contributed by atoms with Crippen LogP contribution in [-0.4, -0.2) is 30.3 Å². The van der Waals surface area contributed by atoms with Crippen molar-refractivity contribution in [1.29, 1.82) is 0 Å². The first-order valence-corrected chi connectivity index (χ1v) is 6.63. The average Bonchev–Trinajstić information content (AvgIpc) is 2.97. The zero-order valence-electron chi connectivity index (χ0n) is 9.81. The van der Waals surface area contributed by atoms with Gasteiger partial charge in [0.15, 0.2) is 0 Å². The van der Waals surface area contributed by atoms with Crippen LogP contribution in [0.25, 0.3) is 0 Å². The molecule has 1 saturated heterocycles. The Labute approximate surface area is 105 Å². The van der Waals surface area contributed by atoms with Gasteiger partial charge in [-0.2, -0.15) is 0 Å². The number of aliphatic hydroxyl groups is 1. The van der Waals surface area contributed by atoms with Crippen molar-refractivity contribution in [3.8, 4) is 0 Å². The fraction of sp³-hybridized carbons (Fsp3) is 0.583. The maximum atomic E-state index is 11.7. The highest BCUT2D eigenvalue weighted by molar-refractivity contribution is 7.10. The van der Waals surface area contributed by atoms with Gasteiger partial charge in [-0.1, -0.05) is 6.07 Å². The molecule has 1 aromatic heterocycles. The standard InChI is InChI=1S/C12H17NO3S/c1-12(15,10-5-3-7-17-10)8-13-11(14)9-4-2-6-16-9/h3,5,7,9,15H,2,4,6,8H2,1H3,(H,13,14). The summed E-state index contributed by atoms with van der Waals surface area (Å²) in [5, 5.41) is 14.9. The summed E-state index contributed by atoms with van der Waals surface area (Å²) >= 11 is 1.48. The second-order valence-corrected chi connectivity index (χ2v) is 5.42. The maximum Gasteiger partial charge on any atom is 0.249 e. The summed E-state index contributed by atoms with van der Waals surface area (Å²) in [6, 6.07) is 3.75. The summed E-state index contributed by atoms with van der Waals surface area (Å²) in [5.41, 5.74) is -1.01. The summed E-state index contributed by atoms with van der Waals surface area (Å²) in [6.45, 7) is 2.57. The lowest BCUT2D eigenvalue weighted by atomic mass is 10.1. The normalized spacial score (nSPS) is 23.3. The first kappa shape index (κ1) is 12.5. The summed E-state index contributed by atoms with van der Waals surface area (Å²) < 4.78 is 5.28. The monoisotopic (exact) mass is 255 g/mol. The molecule has 0 aliphatic carbocycles. The van der Waals surface area contributed by atoms with Gasteiger partial charge in [0.1, 0.15) is 11.7 Å². The molecule has 2 atom stereocenters. The van der Waals surface area contributed by atoms with E-state index in [1.54, 1.807) is 6.92 Å². The molecule has 1 amide bonds. The van der Waals surface area contributed by atoms with Crippen molar-refractivity contribution in [2.75, 3.05) is 13.2 Å². The van der Waals surface area contributed by atoms with Crippen LogP contribution in [0.1, 0.15) is 24.6 Å². The number of carbonyl (C=O) groups excluding carboxylic acids is 1. The molecule has 5 heteroatoms. The van der Waals surface area contributed by atoms with Gasteiger partial charge in [0, 0.05) is 11.5 Å². The molecule has 1 aromatic rings. The first-order chi connectivity index (χ1) is 8.09. The van der Waals surface area contributed by atoms with Gasteiger partial charge in [-0.15, -0.1) is 11.3 Å². The van der Waals surface area contributed by atoms with Gasteiger partial charge in [-0.05, 0) is 31.2 Å². The minimum absolute atomic E-state index is 0.126. The van der Waals surface area contributed by atoms with E-state index in [-0.39, 0.29) is 18.6 Å². The van der Waals surface area contributed by atoms with Gasteiger partial charge in [-0.3, -0.25) is 4.79 Å². The fourth-order valence-electron chi connectivity index (χ4n) is 1.83. The summed E-state index contributed by atoms with van der Waals surface area (Å²) in [5.74, 6) is -0.126. The zero-order valence-corrected chi connectivity index (χ0v) is 10.6. The van der Waals surface area contributed by atoms with Gasteiger partial charge in [0.25, 0.3) is 0 Å². The minimum Gasteiger partial charge on any atom is -0.383 e. The number of hydrogen-bond acceptors (Lipinski definition) is 4. The van der Waals surface area contributed by atoms with Crippen LogP contribution in [0.4, 0.5) is 0 Å². The second kappa shape index (κ2) is 5.16. The molecule has 4 nitrogen and oxygen atoms in total. The van der Waals surface area contributed by atoms with Crippen molar-refractivity contribution in [2.45, 2.75) is 31.5 Å². The van der Waals surface area contributed by atoms with E-state index >= 15 is 0 Å². The van der Waals surface area contributed by atoms with E-state index in [0.717, 1.165) is 17.7 Å². The van der Waals surface area contributed by atoms with Crippen LogP contribution in [-0.2, 0) is 15.1 Å². The number of hydrogen-bond donors (Lipinski definition) is 2. The van der Waals surface area contributed by atoms with Crippen molar-refractivity contribution in [3.63, 3.8) is 0 Å². The van der Waals surface area contributed by atoms with Crippen molar-refractivity contribution >= 4 is 17.2 Å². The number of rotatable bonds is 4. The average molecular weight is 255 g/mol. The van der Waals surface area contributed by atoms with Gasteiger partial charge in [0.2, 0.25) is 5.91 Å². The lowest BCUT2D eigenvalue weighted by Crippen LogP contribution is -2.42. The molecule has 2 heterocycles. The maximum absolute atomic E-state index is 11.7. The van der Waals surface area contributed by atoms with Gasteiger partial charge >= 0.3 is 0 Å². The molecule has 2 N–H and O–H groups in total. The summed E-state index contributed by atoms with van der Waals surface area (Å²) in [7, 11) is 0. The lowest BCUT2D eigenvalue weighted by Gasteiger charge is -2.23. The van der Waals surface area contributed by atoms with Gasteiger partial charge < -0.3 is 15.2 Å². The molecule has 0 bridgehead atoms. The van der Waals surface area contributed by atoms with E-state index in [0.29, 0.717) is 6.61 Å². The van der Waals surface area contributed by atoms with Crippen LogP contribution in [0.15, 0.2) is 17.5 Å². The Balaban J connectivity index is 1.87. The molecule has 2 unspecified atom stereocenters. The van der Waals surface area contributed by atoms with E-state index in [9.17, 15) is 9.90 Å². The third-order valence-electron chi connectivity index (χ3n) is 2.88. The highest BCUT2D eigenvalue weighted by Crippen LogP contribution is 2.24. The van der Waals surface area contributed by atoms with E-state index in [1.165, 1.54) is 11.3 Å². The Hall–Kier alpha value is -0.910. The Morgan fingerprint density at radius 3 is 3.18 bits per heavy atom. The van der Waals surface area contributed by atoms with Crippen molar-refractivity contribution < 1.29 is 14.6 Å². The van der Waals surface area contributed by atoms with Crippen LogP contribution >= 0.6 is 11.3 Å². The van der Waals surface area contributed by atoms with E-state index in [2.05, 4.69) is 5.32 Å². The molecular weight excluding hydrogens is 238 g/mol. The van der Waals surface area contributed by atoms with Crippen molar-refractivity contribution in [3.05, 3.63) is 22.4 Å². The van der Waals surface area contributed by atoms with Crippen LogP contribution < -0.4 is 5.32 Å². The first-order valence-electron chi connectivity index (χ1n) is 5.75. The number of nitrogens with one attached hydrogen (secondary N) is 1. The number of thiophene rings is 1. The van der Waals surface area contributed by atoms with Gasteiger partial charge in [-0.25, -0.2) is 0 Å². The Kier molecular flexibility index (Phi) is 3.81. The highest BCUT2D eigenvalue weighted by Gasteiger charge is 2.28. The quantitative estimate of drug-likeness (QED) is 0.851.